The lowest BCUT2D eigenvalue weighted by molar-refractivity contribution is 0.368. The highest BCUT2D eigenvalue weighted by atomic mass is 32.2. The van der Waals surface area contributed by atoms with Crippen molar-refractivity contribution in [1.29, 1.82) is 0 Å². The molecule has 5 heteroatoms. The van der Waals surface area contributed by atoms with Gasteiger partial charge in [0.1, 0.15) is 5.82 Å². The van der Waals surface area contributed by atoms with E-state index in [0.29, 0.717) is 5.92 Å². The lowest BCUT2D eigenvalue weighted by Gasteiger charge is -2.23. The van der Waals surface area contributed by atoms with Gasteiger partial charge in [-0.25, -0.2) is 4.39 Å². The highest BCUT2D eigenvalue weighted by Gasteiger charge is 2.17. The fourth-order valence-corrected chi connectivity index (χ4v) is 5.49. The van der Waals surface area contributed by atoms with E-state index in [0.717, 1.165) is 54.6 Å². The monoisotopic (exact) mass is 620 g/mol. The fourth-order valence-electron chi connectivity index (χ4n) is 4.45. The van der Waals surface area contributed by atoms with E-state index in [2.05, 4.69) is 108 Å². The molecule has 0 bridgehead atoms. The second-order valence-corrected chi connectivity index (χ2v) is 12.3. The minimum Gasteiger partial charge on any atom is -0.324 e. The average molecular weight is 621 g/mol. The Balaban J connectivity index is 0.000000339. The highest BCUT2D eigenvalue weighted by molar-refractivity contribution is 7.98. The summed E-state index contributed by atoms with van der Waals surface area (Å²) in [6, 6.07) is 21.6. The first kappa shape index (κ1) is 38.4. The number of rotatable bonds is 12. The number of aliphatic imine (C=N–C) groups is 1. The number of nitrogens with two attached hydrogens (primary N) is 1. The first-order valence-corrected chi connectivity index (χ1v) is 17.7. The third kappa shape index (κ3) is 14.6. The molecule has 1 unspecified atom stereocenters. The number of halogens is 1. The van der Waals surface area contributed by atoms with Crippen molar-refractivity contribution in [2.75, 3.05) is 12.5 Å². The van der Waals surface area contributed by atoms with Gasteiger partial charge in [0.25, 0.3) is 0 Å². The lowest BCUT2D eigenvalue weighted by Crippen LogP contribution is -2.21. The molecule has 0 saturated carbocycles. The number of thioether (sulfide) groups is 2. The predicted octanol–water partition coefficient (Wildman–Crippen LogP) is 11.9. The third-order valence-corrected chi connectivity index (χ3v) is 8.76. The molecule has 3 rings (SSSR count). The van der Waals surface area contributed by atoms with Crippen molar-refractivity contribution in [3.63, 3.8) is 0 Å². The van der Waals surface area contributed by atoms with Gasteiger partial charge in [-0.1, -0.05) is 88.2 Å². The van der Waals surface area contributed by atoms with E-state index in [1.165, 1.54) is 33.1 Å². The van der Waals surface area contributed by atoms with E-state index in [4.69, 9.17) is 5.73 Å². The molecule has 0 radical (unpaired) electrons. The number of hydrogen-bond acceptors (Lipinski definition) is 4. The van der Waals surface area contributed by atoms with Gasteiger partial charge < -0.3 is 5.73 Å². The Kier molecular flexibility index (Phi) is 19.7. The van der Waals surface area contributed by atoms with Gasteiger partial charge in [-0.05, 0) is 106 Å². The Morgan fingerprint density at radius 2 is 1.51 bits per heavy atom. The Bertz CT molecular complexity index is 1260. The fraction of sp³-hybridized carbons (Fsp3) is 0.395. The maximum atomic E-state index is 12.8. The van der Waals surface area contributed by atoms with Crippen molar-refractivity contribution in [3.05, 3.63) is 114 Å². The van der Waals surface area contributed by atoms with E-state index >= 15 is 0 Å². The molecule has 0 fully saturated rings. The van der Waals surface area contributed by atoms with Crippen LogP contribution in [0.5, 0.6) is 0 Å². The first-order valence-electron chi connectivity index (χ1n) is 15.3. The molecule has 0 aliphatic carbocycles. The molecule has 0 aromatic heterocycles. The molecule has 3 aromatic carbocycles. The molecule has 3 aromatic rings. The minimum absolute atomic E-state index is 0.0421. The van der Waals surface area contributed by atoms with Gasteiger partial charge >= 0.3 is 0 Å². The first-order chi connectivity index (χ1) is 20.6. The van der Waals surface area contributed by atoms with Crippen molar-refractivity contribution in [3.8, 4) is 0 Å². The summed E-state index contributed by atoms with van der Waals surface area (Å²) in [5.41, 5.74) is 13.2. The second-order valence-electron chi connectivity index (χ2n) is 10.6. The summed E-state index contributed by atoms with van der Waals surface area (Å²) >= 11 is 3.55. The normalized spacial score (nSPS) is 12.2. The molecule has 0 aliphatic heterocycles. The smallest absolute Gasteiger partial charge is 0.123 e. The maximum absolute atomic E-state index is 12.8. The number of aryl methyl sites for hydroxylation is 2. The molecule has 43 heavy (non-hydrogen) atoms. The summed E-state index contributed by atoms with van der Waals surface area (Å²) in [4.78, 5) is 7.29. The van der Waals surface area contributed by atoms with Gasteiger partial charge in [-0.2, -0.15) is 0 Å². The summed E-state index contributed by atoms with van der Waals surface area (Å²) < 4.78 is 12.8. The molecule has 0 amide bonds. The number of hydrogen-bond donors (Lipinski definition) is 1. The van der Waals surface area contributed by atoms with Gasteiger partial charge in [-0.3, -0.25) is 4.99 Å². The summed E-state index contributed by atoms with van der Waals surface area (Å²) in [6.45, 7) is 16.5. The van der Waals surface area contributed by atoms with Crippen LogP contribution in [0.4, 0.5) is 4.39 Å². The van der Waals surface area contributed by atoms with Crippen LogP contribution in [0.25, 0.3) is 5.70 Å². The van der Waals surface area contributed by atoms with Crippen LogP contribution in [0.15, 0.2) is 100 Å². The summed E-state index contributed by atoms with van der Waals surface area (Å²) in [5, 5.41) is 0. The molecule has 0 aliphatic rings. The molecule has 0 heterocycles. The molecular formula is C38H53FN2S2. The Morgan fingerprint density at radius 3 is 2.00 bits per heavy atom. The van der Waals surface area contributed by atoms with Crippen LogP contribution in [0.3, 0.4) is 0 Å². The van der Waals surface area contributed by atoms with Crippen LogP contribution >= 0.6 is 23.5 Å². The van der Waals surface area contributed by atoms with Crippen LogP contribution in [0, 0.1) is 25.6 Å². The van der Waals surface area contributed by atoms with E-state index in [9.17, 15) is 4.39 Å². The topological polar surface area (TPSA) is 38.4 Å². The van der Waals surface area contributed by atoms with Crippen molar-refractivity contribution in [2.45, 2.75) is 89.5 Å². The van der Waals surface area contributed by atoms with E-state index in [1.54, 1.807) is 41.7 Å². The van der Waals surface area contributed by atoms with E-state index in [1.807, 2.05) is 6.08 Å². The molecule has 2 nitrogen and oxygen atoms in total. The third-order valence-electron chi connectivity index (χ3n) is 7.14. The Morgan fingerprint density at radius 1 is 0.907 bits per heavy atom. The van der Waals surface area contributed by atoms with Gasteiger partial charge in [0.2, 0.25) is 0 Å². The lowest BCUT2D eigenvalue weighted by atomic mass is 9.87. The minimum atomic E-state index is -0.196. The van der Waals surface area contributed by atoms with Crippen LogP contribution < -0.4 is 5.73 Å². The van der Waals surface area contributed by atoms with E-state index < -0.39 is 0 Å². The van der Waals surface area contributed by atoms with Gasteiger partial charge in [0.05, 0.1) is 5.70 Å². The van der Waals surface area contributed by atoms with Crippen molar-refractivity contribution >= 4 is 34.9 Å². The molecule has 234 valence electrons. The zero-order valence-electron chi connectivity index (χ0n) is 27.6. The standard InChI is InChI=1S/C16H21NS.C14H22FN.C8H10S/c1-6-8-15(17-13(4)7-2)14-10-9-12(3)16(11-14)18-5;1-3-5-11(6-4-2)14(16)12-7-9-13(15)10-8-12;1-7-3-5-8(9-2)6-4-7/h6,8-11H,1,7H2,2-5H3;7-11,14H,3-6,16H2,1-2H3;3-6H,1-2H3/b15-8-,17-13?;;. The largest absolute Gasteiger partial charge is 0.324 e. The van der Waals surface area contributed by atoms with Crippen LogP contribution in [-0.4, -0.2) is 18.2 Å². The zero-order chi connectivity index (χ0) is 32.2. The Labute approximate surface area is 270 Å². The highest BCUT2D eigenvalue weighted by Crippen LogP contribution is 2.28. The number of benzene rings is 3. The SMILES string of the molecule is C=C/C=C(\N=C(C)CC)c1ccc(C)c(SC)c1.CCCC(CCC)C(N)c1ccc(F)cc1.CSc1ccc(C)cc1. The second kappa shape index (κ2) is 22.0. The molecule has 2 N–H and O–H groups in total. The summed E-state index contributed by atoms with van der Waals surface area (Å²) in [6.07, 6.45) is 13.5. The van der Waals surface area contributed by atoms with Crippen LogP contribution in [0.1, 0.15) is 88.1 Å². The summed E-state index contributed by atoms with van der Waals surface area (Å²) in [5.74, 6) is 0.318. The zero-order valence-corrected chi connectivity index (χ0v) is 29.3. The van der Waals surface area contributed by atoms with Gasteiger partial charge in [-0.15, -0.1) is 23.5 Å². The van der Waals surface area contributed by atoms with Crippen molar-refractivity contribution < 1.29 is 4.39 Å². The summed E-state index contributed by atoms with van der Waals surface area (Å²) in [7, 11) is 0. The van der Waals surface area contributed by atoms with Gasteiger partial charge in [0.15, 0.2) is 0 Å². The molecule has 0 spiro atoms. The predicted molar refractivity (Wildman–Crippen MR) is 194 cm³/mol. The number of nitrogens with zero attached hydrogens (tertiary/aromatic N) is 1. The van der Waals surface area contributed by atoms with Crippen LogP contribution in [0.2, 0.25) is 0 Å². The maximum Gasteiger partial charge on any atom is 0.123 e. The molecule has 0 saturated heterocycles. The molecule has 1 atom stereocenters. The number of allylic oxidation sites excluding steroid dienone is 2. The van der Waals surface area contributed by atoms with E-state index in [-0.39, 0.29) is 11.9 Å². The van der Waals surface area contributed by atoms with Crippen LogP contribution in [-0.2, 0) is 0 Å². The molecular weight excluding hydrogens is 568 g/mol. The Hall–Kier alpha value is -2.60. The van der Waals surface area contributed by atoms with Gasteiger partial charge in [0, 0.05) is 27.1 Å². The quantitative estimate of drug-likeness (QED) is 0.124. The van der Waals surface area contributed by atoms with Crippen molar-refractivity contribution in [2.24, 2.45) is 16.6 Å². The van der Waals surface area contributed by atoms with Crippen molar-refractivity contribution in [1.82, 2.24) is 0 Å². The average Bonchev–Trinajstić information content (AvgIpc) is 3.02.